The average molecular weight is 320 g/mol. The van der Waals surface area contributed by atoms with Crippen LogP contribution in [-0.2, 0) is 0 Å². The number of fused-ring (bicyclic) bond motifs is 1. The van der Waals surface area contributed by atoms with Crippen molar-refractivity contribution in [3.63, 3.8) is 0 Å². The fraction of sp³-hybridized carbons (Fsp3) is 0.444. The first-order valence-electron chi connectivity index (χ1n) is 8.41. The highest BCUT2D eigenvalue weighted by Gasteiger charge is 2.39. The van der Waals surface area contributed by atoms with Crippen molar-refractivity contribution in [3.05, 3.63) is 41.9 Å². The van der Waals surface area contributed by atoms with E-state index in [0.29, 0.717) is 17.5 Å². The number of hydrogen-bond acceptors (Lipinski definition) is 6. The van der Waals surface area contributed by atoms with E-state index in [0.717, 1.165) is 43.4 Å². The topological polar surface area (TPSA) is 68.9 Å². The van der Waals surface area contributed by atoms with Gasteiger partial charge >= 0.3 is 0 Å². The fourth-order valence-corrected chi connectivity index (χ4v) is 3.78. The molecule has 0 saturated carbocycles. The van der Waals surface area contributed by atoms with Gasteiger partial charge in [-0.25, -0.2) is 15.0 Å². The van der Waals surface area contributed by atoms with Gasteiger partial charge in [-0.3, -0.25) is 0 Å². The number of piperidine rings is 1. The molecule has 24 heavy (non-hydrogen) atoms. The van der Waals surface area contributed by atoms with Gasteiger partial charge in [0, 0.05) is 38.2 Å². The summed E-state index contributed by atoms with van der Waals surface area (Å²) in [5.41, 5.74) is 1.69. The van der Waals surface area contributed by atoms with Crippen LogP contribution in [0, 0.1) is 24.2 Å². The van der Waals surface area contributed by atoms with Crippen LogP contribution in [0.3, 0.4) is 0 Å². The van der Waals surface area contributed by atoms with Crippen molar-refractivity contribution >= 4 is 11.8 Å². The van der Waals surface area contributed by atoms with E-state index < -0.39 is 0 Å². The second-order valence-electron chi connectivity index (χ2n) is 6.62. The minimum atomic E-state index is 0.434. The van der Waals surface area contributed by atoms with E-state index in [1.807, 2.05) is 31.5 Å². The van der Waals surface area contributed by atoms with E-state index in [2.05, 4.69) is 30.8 Å². The van der Waals surface area contributed by atoms with Crippen LogP contribution in [0.1, 0.15) is 24.0 Å². The zero-order valence-corrected chi connectivity index (χ0v) is 13.8. The highest BCUT2D eigenvalue weighted by atomic mass is 15.3. The third-order valence-corrected chi connectivity index (χ3v) is 5.08. The summed E-state index contributed by atoms with van der Waals surface area (Å²) in [6.07, 6.45) is 7.78. The predicted molar refractivity (Wildman–Crippen MR) is 91.8 cm³/mol. The molecule has 2 aliphatic rings. The molecule has 6 nitrogen and oxygen atoms in total. The largest absolute Gasteiger partial charge is 0.352 e. The second kappa shape index (κ2) is 6.08. The Balaban J connectivity index is 1.54. The molecule has 2 saturated heterocycles. The standard InChI is InChI=1S/C18H20N6/c1-13-9-21-18(22-10-13)23-6-4-15-5-7-24(16(15)12-23)17-3-2-14(8-19)11-20-17/h2-3,9-11,15-16H,4-7,12H2,1H3. The normalized spacial score (nSPS) is 23.0. The minimum Gasteiger partial charge on any atom is -0.352 e. The third-order valence-electron chi connectivity index (χ3n) is 5.08. The van der Waals surface area contributed by atoms with Crippen LogP contribution < -0.4 is 9.80 Å². The van der Waals surface area contributed by atoms with Crippen molar-refractivity contribution in [1.82, 2.24) is 15.0 Å². The lowest BCUT2D eigenvalue weighted by molar-refractivity contribution is 0.387. The molecular formula is C18H20N6. The summed E-state index contributed by atoms with van der Waals surface area (Å²) in [6, 6.07) is 6.37. The van der Waals surface area contributed by atoms with Gasteiger partial charge in [-0.05, 0) is 43.4 Å². The highest BCUT2D eigenvalue weighted by molar-refractivity contribution is 5.46. The van der Waals surface area contributed by atoms with E-state index in [9.17, 15) is 0 Å². The highest BCUT2D eigenvalue weighted by Crippen LogP contribution is 2.35. The van der Waals surface area contributed by atoms with Crippen molar-refractivity contribution in [1.29, 1.82) is 5.26 Å². The summed E-state index contributed by atoms with van der Waals surface area (Å²) in [5.74, 6) is 2.48. The number of nitriles is 1. The Kier molecular flexibility index (Phi) is 3.77. The van der Waals surface area contributed by atoms with Gasteiger partial charge in [0.05, 0.1) is 11.6 Å². The van der Waals surface area contributed by atoms with Crippen LogP contribution in [0.2, 0.25) is 0 Å². The summed E-state index contributed by atoms with van der Waals surface area (Å²) >= 11 is 0. The summed E-state index contributed by atoms with van der Waals surface area (Å²) < 4.78 is 0. The Labute approximate surface area is 141 Å². The molecular weight excluding hydrogens is 300 g/mol. The van der Waals surface area contributed by atoms with Gasteiger partial charge in [-0.15, -0.1) is 0 Å². The zero-order valence-electron chi connectivity index (χ0n) is 13.8. The van der Waals surface area contributed by atoms with Gasteiger partial charge in [-0.2, -0.15) is 5.26 Å². The number of nitrogens with zero attached hydrogens (tertiary/aromatic N) is 6. The molecule has 0 amide bonds. The van der Waals surface area contributed by atoms with Gasteiger partial charge in [0.2, 0.25) is 5.95 Å². The molecule has 0 N–H and O–H groups in total. The number of aryl methyl sites for hydroxylation is 1. The molecule has 2 aliphatic heterocycles. The minimum absolute atomic E-state index is 0.434. The Morgan fingerprint density at radius 3 is 2.58 bits per heavy atom. The summed E-state index contributed by atoms with van der Waals surface area (Å²) in [6.45, 7) is 4.97. The van der Waals surface area contributed by atoms with Gasteiger partial charge in [0.1, 0.15) is 11.9 Å². The Morgan fingerprint density at radius 2 is 1.88 bits per heavy atom. The van der Waals surface area contributed by atoms with E-state index in [1.54, 1.807) is 6.20 Å². The third kappa shape index (κ3) is 2.67. The van der Waals surface area contributed by atoms with Crippen LogP contribution in [0.5, 0.6) is 0 Å². The van der Waals surface area contributed by atoms with Crippen molar-refractivity contribution in [3.8, 4) is 6.07 Å². The fourth-order valence-electron chi connectivity index (χ4n) is 3.78. The molecule has 2 atom stereocenters. The van der Waals surface area contributed by atoms with Crippen LogP contribution in [-0.4, -0.2) is 40.6 Å². The molecule has 122 valence electrons. The molecule has 4 heterocycles. The molecule has 2 aromatic heterocycles. The molecule has 2 fully saturated rings. The molecule has 0 spiro atoms. The van der Waals surface area contributed by atoms with Crippen molar-refractivity contribution in [2.45, 2.75) is 25.8 Å². The van der Waals surface area contributed by atoms with Crippen LogP contribution in [0.25, 0.3) is 0 Å². The molecule has 0 aliphatic carbocycles. The predicted octanol–water partition coefficient (Wildman–Crippen LogP) is 2.16. The average Bonchev–Trinajstić information content (AvgIpc) is 3.05. The summed E-state index contributed by atoms with van der Waals surface area (Å²) in [4.78, 5) is 18.1. The second-order valence-corrected chi connectivity index (χ2v) is 6.62. The van der Waals surface area contributed by atoms with E-state index in [1.165, 1.54) is 6.42 Å². The maximum Gasteiger partial charge on any atom is 0.225 e. The maximum absolute atomic E-state index is 8.94. The molecule has 0 aromatic carbocycles. The lowest BCUT2D eigenvalue weighted by atomic mass is 9.92. The van der Waals surface area contributed by atoms with Crippen LogP contribution in [0.15, 0.2) is 30.7 Å². The monoisotopic (exact) mass is 320 g/mol. The Hall–Kier alpha value is -2.68. The van der Waals surface area contributed by atoms with Crippen LogP contribution in [0.4, 0.5) is 11.8 Å². The van der Waals surface area contributed by atoms with Crippen molar-refractivity contribution < 1.29 is 0 Å². The van der Waals surface area contributed by atoms with E-state index in [4.69, 9.17) is 5.26 Å². The number of aromatic nitrogens is 3. The first-order valence-corrected chi connectivity index (χ1v) is 8.41. The molecule has 4 rings (SSSR count). The molecule has 2 unspecified atom stereocenters. The lowest BCUT2D eigenvalue weighted by Crippen LogP contribution is -2.49. The number of anilines is 2. The van der Waals surface area contributed by atoms with E-state index >= 15 is 0 Å². The van der Waals surface area contributed by atoms with Gasteiger partial charge in [0.25, 0.3) is 0 Å². The first-order chi connectivity index (χ1) is 11.7. The summed E-state index contributed by atoms with van der Waals surface area (Å²) in [7, 11) is 0. The van der Waals surface area contributed by atoms with Gasteiger partial charge in [-0.1, -0.05) is 0 Å². The van der Waals surface area contributed by atoms with E-state index in [-0.39, 0.29) is 0 Å². The summed E-state index contributed by atoms with van der Waals surface area (Å²) in [5, 5.41) is 8.94. The SMILES string of the molecule is Cc1cnc(N2CCC3CCN(c4ccc(C#N)cn4)C3C2)nc1. The molecule has 6 heteroatoms. The molecule has 0 bridgehead atoms. The van der Waals surface area contributed by atoms with Gasteiger partial charge in [0.15, 0.2) is 0 Å². The maximum atomic E-state index is 8.94. The van der Waals surface area contributed by atoms with Gasteiger partial charge < -0.3 is 9.80 Å². The number of pyridine rings is 1. The Bertz CT molecular complexity index is 749. The molecule has 2 aromatic rings. The van der Waals surface area contributed by atoms with Crippen molar-refractivity contribution in [2.24, 2.45) is 5.92 Å². The number of hydrogen-bond donors (Lipinski definition) is 0. The molecule has 0 radical (unpaired) electrons. The first kappa shape index (κ1) is 14.9. The quantitative estimate of drug-likeness (QED) is 0.844. The zero-order chi connectivity index (χ0) is 16.5. The smallest absolute Gasteiger partial charge is 0.225 e. The number of rotatable bonds is 2. The lowest BCUT2D eigenvalue weighted by Gasteiger charge is -2.38. The van der Waals surface area contributed by atoms with Crippen LogP contribution >= 0.6 is 0 Å². The van der Waals surface area contributed by atoms with Crippen molar-refractivity contribution in [2.75, 3.05) is 29.4 Å². The Morgan fingerprint density at radius 1 is 1.08 bits per heavy atom.